The largest absolute Gasteiger partial charge is 0.296 e. The van der Waals surface area contributed by atoms with Gasteiger partial charge in [-0.15, -0.1) is 0 Å². The van der Waals surface area contributed by atoms with Crippen LogP contribution in [0.4, 0.5) is 17.6 Å². The van der Waals surface area contributed by atoms with Crippen LogP contribution in [-0.4, -0.2) is 15.0 Å². The average Bonchev–Trinajstić information content (AvgIpc) is 2.55. The Morgan fingerprint density at radius 2 is 1.56 bits per heavy atom. The minimum atomic E-state index is -3.91. The molecule has 0 atom stereocenters. The van der Waals surface area contributed by atoms with Gasteiger partial charge in [0.15, 0.2) is 17.5 Å². The molecule has 0 heterocycles. The first-order valence-electron chi connectivity index (χ1n) is 7.50. The molecule has 2 aromatic rings. The average molecular weight is 376 g/mol. The van der Waals surface area contributed by atoms with Gasteiger partial charge in [-0.2, -0.15) is 8.42 Å². The van der Waals surface area contributed by atoms with Crippen molar-refractivity contribution in [1.29, 1.82) is 0 Å². The minimum absolute atomic E-state index is 0.00999. The monoisotopic (exact) mass is 376 g/mol. The smallest absolute Gasteiger partial charge is 0.266 e. The zero-order valence-corrected chi connectivity index (χ0v) is 14.2. The maximum atomic E-state index is 13.5. The van der Waals surface area contributed by atoms with Gasteiger partial charge >= 0.3 is 0 Å². The van der Waals surface area contributed by atoms with Crippen LogP contribution in [0.2, 0.25) is 0 Å². The highest BCUT2D eigenvalue weighted by Crippen LogP contribution is 2.21. The molecule has 0 saturated carbocycles. The van der Waals surface area contributed by atoms with Gasteiger partial charge in [0.2, 0.25) is 0 Å². The summed E-state index contributed by atoms with van der Waals surface area (Å²) in [6.07, 6.45) is 0.105. The van der Waals surface area contributed by atoms with E-state index in [1.807, 2.05) is 6.92 Å². The number of aryl methyl sites for hydroxylation is 1. The van der Waals surface area contributed by atoms with Crippen LogP contribution in [0.1, 0.15) is 24.0 Å². The van der Waals surface area contributed by atoms with Gasteiger partial charge < -0.3 is 0 Å². The third-order valence-corrected chi connectivity index (χ3v) is 4.90. The van der Waals surface area contributed by atoms with Crippen molar-refractivity contribution in [3.8, 4) is 0 Å². The van der Waals surface area contributed by atoms with Crippen molar-refractivity contribution in [1.82, 2.24) is 0 Å². The predicted molar refractivity (Wildman–Crippen MR) is 83.5 cm³/mol. The zero-order valence-electron chi connectivity index (χ0n) is 13.4. The van der Waals surface area contributed by atoms with Gasteiger partial charge in [0.25, 0.3) is 10.1 Å². The van der Waals surface area contributed by atoms with Crippen LogP contribution in [0.15, 0.2) is 35.2 Å². The number of rotatable bonds is 7. The molecule has 0 saturated heterocycles. The van der Waals surface area contributed by atoms with Crippen LogP contribution in [0, 0.1) is 30.2 Å². The van der Waals surface area contributed by atoms with Crippen molar-refractivity contribution in [2.24, 2.45) is 0 Å². The normalized spacial score (nSPS) is 11.7. The highest BCUT2D eigenvalue weighted by Gasteiger charge is 2.19. The molecule has 0 aromatic heterocycles. The van der Waals surface area contributed by atoms with E-state index in [1.165, 1.54) is 12.1 Å². The van der Waals surface area contributed by atoms with Gasteiger partial charge in [-0.3, -0.25) is 4.18 Å². The predicted octanol–water partition coefficient (Wildman–Crippen LogP) is 4.28. The summed E-state index contributed by atoms with van der Waals surface area (Å²) in [5.41, 5.74) is 0.329. The summed E-state index contributed by atoms with van der Waals surface area (Å²) in [5, 5.41) is 0. The van der Waals surface area contributed by atoms with Crippen LogP contribution >= 0.6 is 0 Å². The lowest BCUT2D eigenvalue weighted by molar-refractivity contribution is 0.307. The summed E-state index contributed by atoms with van der Waals surface area (Å²) >= 11 is 0. The lowest BCUT2D eigenvalue weighted by atomic mass is 10.1. The van der Waals surface area contributed by atoms with Gasteiger partial charge in [-0.05, 0) is 38.3 Å². The molecular formula is C17H16F4O3S. The maximum Gasteiger partial charge on any atom is 0.296 e. The third-order valence-electron chi connectivity index (χ3n) is 3.58. The summed E-state index contributed by atoms with van der Waals surface area (Å²) in [4.78, 5) is 0.00999. The molecule has 0 aliphatic rings. The lowest BCUT2D eigenvalue weighted by Crippen LogP contribution is -2.08. The van der Waals surface area contributed by atoms with Gasteiger partial charge in [0.1, 0.15) is 5.82 Å². The minimum Gasteiger partial charge on any atom is -0.266 e. The standard InChI is InChI=1S/C17H16F4O3S/c1-11-5-7-12(8-6-11)25(22,23)24-9-3-2-4-13-14(18)10-15(19)17(21)16(13)20/h5-8,10H,2-4,9H2,1H3. The first-order chi connectivity index (χ1) is 11.7. The van der Waals surface area contributed by atoms with E-state index >= 15 is 0 Å². The summed E-state index contributed by atoms with van der Waals surface area (Å²) in [6.45, 7) is 1.62. The van der Waals surface area contributed by atoms with E-state index in [9.17, 15) is 26.0 Å². The summed E-state index contributed by atoms with van der Waals surface area (Å²) < 4.78 is 81.6. The lowest BCUT2D eigenvalue weighted by Gasteiger charge is -2.08. The van der Waals surface area contributed by atoms with Crippen LogP contribution in [0.3, 0.4) is 0 Å². The van der Waals surface area contributed by atoms with E-state index in [0.717, 1.165) is 5.56 Å². The Balaban J connectivity index is 1.88. The number of hydrogen-bond acceptors (Lipinski definition) is 3. The van der Waals surface area contributed by atoms with Crippen LogP contribution in [0.5, 0.6) is 0 Å². The first-order valence-corrected chi connectivity index (χ1v) is 8.91. The molecule has 2 aromatic carbocycles. The molecule has 0 aliphatic heterocycles. The highest BCUT2D eigenvalue weighted by molar-refractivity contribution is 7.86. The second-order valence-electron chi connectivity index (χ2n) is 5.49. The second-order valence-corrected chi connectivity index (χ2v) is 7.11. The quantitative estimate of drug-likeness (QED) is 0.238. The number of hydrogen-bond donors (Lipinski definition) is 0. The number of halogens is 4. The molecule has 0 fully saturated rings. The summed E-state index contributed by atoms with van der Waals surface area (Å²) in [7, 11) is -3.91. The molecule has 0 aliphatic carbocycles. The SMILES string of the molecule is Cc1ccc(S(=O)(=O)OCCCCc2c(F)cc(F)c(F)c2F)cc1. The van der Waals surface area contributed by atoms with Crippen LogP contribution in [-0.2, 0) is 20.7 Å². The van der Waals surface area contributed by atoms with Gasteiger partial charge in [0, 0.05) is 11.6 Å². The molecule has 0 radical (unpaired) electrons. The molecule has 0 unspecified atom stereocenters. The topological polar surface area (TPSA) is 43.4 Å². The first kappa shape index (κ1) is 19.4. The van der Waals surface area contributed by atoms with Gasteiger partial charge in [-0.25, -0.2) is 17.6 Å². The molecule has 0 N–H and O–H groups in total. The molecule has 8 heteroatoms. The van der Waals surface area contributed by atoms with Crippen molar-refractivity contribution in [2.75, 3.05) is 6.61 Å². The Labute approximate surface area is 143 Å². The molecule has 0 bridgehead atoms. The molecule has 0 spiro atoms. The second kappa shape index (κ2) is 7.97. The fraction of sp³-hybridized carbons (Fsp3) is 0.294. The number of benzene rings is 2. The van der Waals surface area contributed by atoms with E-state index in [2.05, 4.69) is 0 Å². The molecule has 136 valence electrons. The van der Waals surface area contributed by atoms with E-state index in [-0.39, 0.29) is 36.8 Å². The Hall–Kier alpha value is -1.93. The number of unbranched alkanes of at least 4 members (excludes halogenated alkanes) is 1. The summed E-state index contributed by atoms with van der Waals surface area (Å²) in [6, 6.07) is 6.37. The van der Waals surface area contributed by atoms with Gasteiger partial charge in [0.05, 0.1) is 11.5 Å². The van der Waals surface area contributed by atoms with Crippen molar-refractivity contribution in [3.05, 3.63) is 64.7 Å². The van der Waals surface area contributed by atoms with E-state index in [0.29, 0.717) is 0 Å². The molecule has 3 nitrogen and oxygen atoms in total. The Morgan fingerprint density at radius 1 is 0.920 bits per heavy atom. The van der Waals surface area contributed by atoms with E-state index < -0.39 is 39.0 Å². The van der Waals surface area contributed by atoms with Crippen molar-refractivity contribution in [2.45, 2.75) is 31.1 Å². The third kappa shape index (κ3) is 4.79. The van der Waals surface area contributed by atoms with Crippen molar-refractivity contribution < 1.29 is 30.2 Å². The summed E-state index contributed by atoms with van der Waals surface area (Å²) in [5.74, 6) is -6.06. The Bertz CT molecular complexity index is 849. The Morgan fingerprint density at radius 3 is 2.20 bits per heavy atom. The highest BCUT2D eigenvalue weighted by atomic mass is 32.2. The zero-order chi connectivity index (χ0) is 18.6. The molecule has 0 amide bonds. The molecule has 2 rings (SSSR count). The van der Waals surface area contributed by atoms with E-state index in [1.54, 1.807) is 12.1 Å². The van der Waals surface area contributed by atoms with Gasteiger partial charge in [-0.1, -0.05) is 17.7 Å². The van der Waals surface area contributed by atoms with E-state index in [4.69, 9.17) is 4.18 Å². The van der Waals surface area contributed by atoms with Crippen molar-refractivity contribution in [3.63, 3.8) is 0 Å². The fourth-order valence-electron chi connectivity index (χ4n) is 2.18. The Kier molecular flexibility index (Phi) is 6.18. The maximum absolute atomic E-state index is 13.5. The molecular weight excluding hydrogens is 360 g/mol. The van der Waals surface area contributed by atoms with Crippen molar-refractivity contribution >= 4 is 10.1 Å². The fourth-order valence-corrected chi connectivity index (χ4v) is 3.12. The van der Waals surface area contributed by atoms with Crippen LogP contribution < -0.4 is 0 Å². The molecule has 25 heavy (non-hydrogen) atoms. The van der Waals surface area contributed by atoms with Crippen LogP contribution in [0.25, 0.3) is 0 Å².